The van der Waals surface area contributed by atoms with Crippen LogP contribution in [0, 0.1) is 11.8 Å². The average molecular weight is 295 g/mol. The summed E-state index contributed by atoms with van der Waals surface area (Å²) in [4.78, 5) is 11.3. The van der Waals surface area contributed by atoms with Crippen molar-refractivity contribution in [1.82, 2.24) is 0 Å². The number of nitrogens with one attached hydrogen (secondary N) is 1. The summed E-state index contributed by atoms with van der Waals surface area (Å²) in [6.45, 7) is 1.55. The summed E-state index contributed by atoms with van der Waals surface area (Å²) < 4.78 is 0. The first kappa shape index (κ1) is 15.3. The highest BCUT2D eigenvalue weighted by Crippen LogP contribution is 2.44. The lowest BCUT2D eigenvalue weighted by Crippen LogP contribution is -2.28. The Labute approximate surface area is 126 Å². The van der Waals surface area contributed by atoms with Crippen LogP contribution in [0.2, 0.25) is 0 Å². The molecule has 4 heteroatoms. The van der Waals surface area contributed by atoms with Gasteiger partial charge in [-0.05, 0) is 48.3 Å². The van der Waals surface area contributed by atoms with E-state index in [2.05, 4.69) is 11.4 Å². The molecule has 3 rings (SSSR count). The van der Waals surface area contributed by atoms with Gasteiger partial charge >= 0.3 is 0 Å². The second-order valence-corrected chi connectivity index (χ2v) is 6.06. The molecule has 1 fully saturated rings. The summed E-state index contributed by atoms with van der Waals surface area (Å²) in [6.07, 6.45) is 6.26. The van der Waals surface area contributed by atoms with Crippen LogP contribution in [0.4, 0.5) is 5.69 Å². The summed E-state index contributed by atoms with van der Waals surface area (Å²) in [5.74, 6) is 1.53. The van der Waals surface area contributed by atoms with Gasteiger partial charge in [0.05, 0.1) is 0 Å². The van der Waals surface area contributed by atoms with Crippen LogP contribution in [0.1, 0.15) is 49.8 Å². The molecule has 1 aromatic rings. The fourth-order valence-electron chi connectivity index (χ4n) is 3.31. The number of amides is 1. The van der Waals surface area contributed by atoms with E-state index in [0.29, 0.717) is 5.92 Å². The predicted octanol–water partition coefficient (Wildman–Crippen LogP) is 3.43. The van der Waals surface area contributed by atoms with Gasteiger partial charge in [0.2, 0.25) is 5.91 Å². The first-order chi connectivity index (χ1) is 9.15. The molecule has 20 heavy (non-hydrogen) atoms. The van der Waals surface area contributed by atoms with Crippen molar-refractivity contribution in [1.29, 1.82) is 0 Å². The highest BCUT2D eigenvalue weighted by molar-refractivity contribution is 5.89. The molecule has 3 N–H and O–H groups in total. The number of carbonyl (C=O) groups is 1. The summed E-state index contributed by atoms with van der Waals surface area (Å²) in [5.41, 5.74) is 9.89. The molecule has 0 aliphatic heterocycles. The zero-order valence-corrected chi connectivity index (χ0v) is 12.7. The van der Waals surface area contributed by atoms with Gasteiger partial charge in [-0.1, -0.05) is 25.0 Å². The van der Waals surface area contributed by atoms with Crippen molar-refractivity contribution in [2.45, 2.75) is 45.1 Å². The Morgan fingerprint density at radius 2 is 2.10 bits per heavy atom. The van der Waals surface area contributed by atoms with Gasteiger partial charge in [-0.3, -0.25) is 4.79 Å². The minimum absolute atomic E-state index is 0. The number of benzene rings is 1. The van der Waals surface area contributed by atoms with Crippen LogP contribution >= 0.6 is 12.4 Å². The van der Waals surface area contributed by atoms with Crippen molar-refractivity contribution in [2.75, 3.05) is 5.32 Å². The topological polar surface area (TPSA) is 55.1 Å². The first-order valence-corrected chi connectivity index (χ1v) is 7.30. The fraction of sp³-hybridized carbons (Fsp3) is 0.562. The standard InChI is InChI=1S/C16H22N2O.ClH/c1-10(19)18-15-4-2-3-14-13(15)8-7-12(16(14)17)9-11-5-6-11;/h2-4,11-12,16H,5-9,17H2,1H3,(H,18,19);1H. The number of halogens is 1. The molecule has 0 spiro atoms. The van der Waals surface area contributed by atoms with Crippen LogP contribution in [0.3, 0.4) is 0 Å². The van der Waals surface area contributed by atoms with E-state index in [1.54, 1.807) is 6.92 Å². The molecule has 2 unspecified atom stereocenters. The number of anilines is 1. The summed E-state index contributed by atoms with van der Waals surface area (Å²) in [5, 5.41) is 2.93. The van der Waals surface area contributed by atoms with Crippen LogP contribution in [0.5, 0.6) is 0 Å². The molecule has 2 atom stereocenters. The Hall–Kier alpha value is -1.06. The monoisotopic (exact) mass is 294 g/mol. The predicted molar refractivity (Wildman–Crippen MR) is 84.1 cm³/mol. The van der Waals surface area contributed by atoms with Crippen LogP contribution in [-0.4, -0.2) is 5.91 Å². The maximum absolute atomic E-state index is 11.3. The highest BCUT2D eigenvalue weighted by atomic mass is 35.5. The van der Waals surface area contributed by atoms with Crippen LogP contribution in [-0.2, 0) is 11.2 Å². The molecule has 0 radical (unpaired) electrons. The van der Waals surface area contributed by atoms with E-state index < -0.39 is 0 Å². The molecule has 2 aliphatic rings. The molecular weight excluding hydrogens is 272 g/mol. The van der Waals surface area contributed by atoms with Crippen molar-refractivity contribution in [3.8, 4) is 0 Å². The Bertz CT molecular complexity index is 499. The van der Waals surface area contributed by atoms with Crippen LogP contribution < -0.4 is 11.1 Å². The molecular formula is C16H23ClN2O. The molecule has 0 bridgehead atoms. The zero-order valence-electron chi connectivity index (χ0n) is 11.9. The van der Waals surface area contributed by atoms with Crippen LogP contribution in [0.15, 0.2) is 18.2 Å². The van der Waals surface area contributed by atoms with Gasteiger partial charge in [-0.25, -0.2) is 0 Å². The highest BCUT2D eigenvalue weighted by Gasteiger charge is 2.33. The van der Waals surface area contributed by atoms with E-state index in [1.165, 1.54) is 30.4 Å². The van der Waals surface area contributed by atoms with E-state index in [0.717, 1.165) is 24.4 Å². The van der Waals surface area contributed by atoms with Crippen molar-refractivity contribution < 1.29 is 4.79 Å². The summed E-state index contributed by atoms with van der Waals surface area (Å²) >= 11 is 0. The van der Waals surface area contributed by atoms with Gasteiger partial charge < -0.3 is 11.1 Å². The first-order valence-electron chi connectivity index (χ1n) is 7.30. The Morgan fingerprint density at radius 1 is 1.35 bits per heavy atom. The molecule has 0 heterocycles. The third-order valence-corrected chi connectivity index (χ3v) is 4.49. The number of hydrogen-bond acceptors (Lipinski definition) is 2. The second kappa shape index (κ2) is 6.15. The van der Waals surface area contributed by atoms with E-state index in [4.69, 9.17) is 5.73 Å². The SMILES string of the molecule is CC(=O)Nc1cccc2c1CCC(CC1CC1)C2N.Cl. The van der Waals surface area contributed by atoms with Crippen LogP contribution in [0.25, 0.3) is 0 Å². The number of fused-ring (bicyclic) bond motifs is 1. The molecule has 3 nitrogen and oxygen atoms in total. The van der Waals surface area contributed by atoms with E-state index in [1.807, 2.05) is 12.1 Å². The van der Waals surface area contributed by atoms with E-state index >= 15 is 0 Å². The maximum Gasteiger partial charge on any atom is 0.221 e. The summed E-state index contributed by atoms with van der Waals surface area (Å²) in [7, 11) is 0. The zero-order chi connectivity index (χ0) is 13.4. The van der Waals surface area contributed by atoms with Crippen molar-refractivity contribution >= 4 is 24.0 Å². The normalized spacial score (nSPS) is 24.5. The number of hydrogen-bond donors (Lipinski definition) is 2. The quantitative estimate of drug-likeness (QED) is 0.897. The van der Waals surface area contributed by atoms with Gasteiger partial charge in [-0.2, -0.15) is 0 Å². The minimum Gasteiger partial charge on any atom is -0.326 e. The fourth-order valence-corrected chi connectivity index (χ4v) is 3.31. The molecule has 0 aromatic heterocycles. The van der Waals surface area contributed by atoms with Gasteiger partial charge in [0, 0.05) is 18.7 Å². The maximum atomic E-state index is 11.3. The molecule has 110 valence electrons. The lowest BCUT2D eigenvalue weighted by Gasteiger charge is -2.32. The van der Waals surface area contributed by atoms with Gasteiger partial charge in [0.1, 0.15) is 0 Å². The van der Waals surface area contributed by atoms with E-state index in [9.17, 15) is 4.79 Å². The van der Waals surface area contributed by atoms with Gasteiger partial charge in [-0.15, -0.1) is 12.4 Å². The van der Waals surface area contributed by atoms with Gasteiger partial charge in [0.15, 0.2) is 0 Å². The third-order valence-electron chi connectivity index (χ3n) is 4.49. The summed E-state index contributed by atoms with van der Waals surface area (Å²) in [6, 6.07) is 6.25. The minimum atomic E-state index is -0.0120. The van der Waals surface area contributed by atoms with Crippen molar-refractivity contribution in [3.63, 3.8) is 0 Å². The van der Waals surface area contributed by atoms with Gasteiger partial charge in [0.25, 0.3) is 0 Å². The Kier molecular flexibility index (Phi) is 4.71. The number of carbonyl (C=O) groups excluding carboxylic acids is 1. The lowest BCUT2D eigenvalue weighted by atomic mass is 9.77. The second-order valence-electron chi connectivity index (χ2n) is 6.06. The number of rotatable bonds is 3. The Morgan fingerprint density at radius 3 is 2.75 bits per heavy atom. The lowest BCUT2D eigenvalue weighted by molar-refractivity contribution is -0.114. The smallest absolute Gasteiger partial charge is 0.221 e. The molecule has 0 saturated heterocycles. The molecule has 1 saturated carbocycles. The van der Waals surface area contributed by atoms with Crippen molar-refractivity contribution in [3.05, 3.63) is 29.3 Å². The molecule has 2 aliphatic carbocycles. The Balaban J connectivity index is 0.00000147. The van der Waals surface area contributed by atoms with Crippen molar-refractivity contribution in [2.24, 2.45) is 17.6 Å². The molecule has 1 amide bonds. The largest absolute Gasteiger partial charge is 0.326 e. The van der Waals surface area contributed by atoms with E-state index in [-0.39, 0.29) is 24.4 Å². The number of nitrogens with two attached hydrogens (primary N) is 1. The average Bonchev–Trinajstić information content (AvgIpc) is 3.17. The third kappa shape index (κ3) is 3.15. The molecule has 1 aromatic carbocycles.